The highest BCUT2D eigenvalue weighted by atomic mass is 127. The summed E-state index contributed by atoms with van der Waals surface area (Å²) < 4.78 is 7.42. The van der Waals surface area contributed by atoms with E-state index in [0.717, 1.165) is 69.7 Å². The molecule has 2 aliphatic rings. The first-order valence-electron chi connectivity index (χ1n) is 10.1. The normalized spacial score (nSPS) is 22.6. The quantitative estimate of drug-likeness (QED) is 0.368. The highest BCUT2D eigenvalue weighted by Gasteiger charge is 2.24. The molecule has 2 aliphatic heterocycles. The molecule has 0 bridgehead atoms. The van der Waals surface area contributed by atoms with Gasteiger partial charge in [-0.1, -0.05) is 0 Å². The number of rotatable bonds is 5. The first kappa shape index (κ1) is 22.0. The average Bonchev–Trinajstić information content (AvgIpc) is 3.40. The molecule has 4 heterocycles. The summed E-state index contributed by atoms with van der Waals surface area (Å²) in [7, 11) is 3.96. The zero-order chi connectivity index (χ0) is 19.3. The third-order valence-corrected chi connectivity index (χ3v) is 5.69. The third kappa shape index (κ3) is 5.27. The van der Waals surface area contributed by atoms with E-state index in [-0.39, 0.29) is 24.0 Å². The first-order chi connectivity index (χ1) is 13.7. The summed E-state index contributed by atoms with van der Waals surface area (Å²) >= 11 is 0. The molecular formula is C19H31IN8O. The zero-order valence-corrected chi connectivity index (χ0v) is 19.5. The fourth-order valence-corrected chi connectivity index (χ4v) is 4.21. The van der Waals surface area contributed by atoms with E-state index in [1.54, 1.807) is 6.33 Å². The SMILES string of the molecule is CN=C(NCC1CCCN(c2nccn3cnnc23)C1)N(C)CC1CCOC1.I. The maximum Gasteiger partial charge on any atom is 0.203 e. The van der Waals surface area contributed by atoms with Gasteiger partial charge < -0.3 is 19.9 Å². The topological polar surface area (TPSA) is 83.2 Å². The van der Waals surface area contributed by atoms with E-state index in [9.17, 15) is 0 Å². The van der Waals surface area contributed by atoms with Gasteiger partial charge in [0, 0.05) is 65.2 Å². The van der Waals surface area contributed by atoms with Crippen molar-refractivity contribution in [3.05, 3.63) is 18.7 Å². The van der Waals surface area contributed by atoms with Crippen LogP contribution in [0, 0.1) is 11.8 Å². The highest BCUT2D eigenvalue weighted by molar-refractivity contribution is 14.0. The molecule has 9 nitrogen and oxygen atoms in total. The molecule has 1 N–H and O–H groups in total. The number of hydrogen-bond donors (Lipinski definition) is 1. The third-order valence-electron chi connectivity index (χ3n) is 5.69. The number of aromatic nitrogens is 4. The Morgan fingerprint density at radius 2 is 2.28 bits per heavy atom. The maximum atomic E-state index is 5.50. The Kier molecular flexibility index (Phi) is 7.87. The van der Waals surface area contributed by atoms with E-state index < -0.39 is 0 Å². The van der Waals surface area contributed by atoms with Crippen molar-refractivity contribution in [3.8, 4) is 0 Å². The van der Waals surface area contributed by atoms with Gasteiger partial charge in [-0.05, 0) is 25.2 Å². The molecule has 2 aromatic heterocycles. The van der Waals surface area contributed by atoms with Crippen LogP contribution < -0.4 is 10.2 Å². The van der Waals surface area contributed by atoms with Gasteiger partial charge in [0.2, 0.25) is 5.65 Å². The van der Waals surface area contributed by atoms with Crippen LogP contribution in [0.25, 0.3) is 5.65 Å². The molecule has 2 unspecified atom stereocenters. The zero-order valence-electron chi connectivity index (χ0n) is 17.2. The lowest BCUT2D eigenvalue weighted by Crippen LogP contribution is -2.46. The summed E-state index contributed by atoms with van der Waals surface area (Å²) in [6.45, 7) is 5.60. The minimum absolute atomic E-state index is 0. The summed E-state index contributed by atoms with van der Waals surface area (Å²) in [5.41, 5.74) is 0.824. The van der Waals surface area contributed by atoms with Gasteiger partial charge in [-0.3, -0.25) is 9.39 Å². The molecule has 2 atom stereocenters. The van der Waals surface area contributed by atoms with Crippen LogP contribution in [-0.4, -0.2) is 83.9 Å². The van der Waals surface area contributed by atoms with Gasteiger partial charge >= 0.3 is 0 Å². The van der Waals surface area contributed by atoms with Crippen LogP contribution in [0.2, 0.25) is 0 Å². The molecule has 2 aromatic rings. The van der Waals surface area contributed by atoms with Crippen LogP contribution >= 0.6 is 24.0 Å². The molecule has 0 spiro atoms. The van der Waals surface area contributed by atoms with Crippen LogP contribution in [0.1, 0.15) is 19.3 Å². The van der Waals surface area contributed by atoms with Crippen molar-refractivity contribution >= 4 is 41.4 Å². The van der Waals surface area contributed by atoms with Gasteiger partial charge in [0.1, 0.15) is 6.33 Å². The Morgan fingerprint density at radius 1 is 1.38 bits per heavy atom. The van der Waals surface area contributed by atoms with Gasteiger partial charge in [-0.15, -0.1) is 34.2 Å². The second-order valence-electron chi connectivity index (χ2n) is 7.81. The van der Waals surface area contributed by atoms with Crippen LogP contribution in [-0.2, 0) is 4.74 Å². The van der Waals surface area contributed by atoms with E-state index in [1.165, 1.54) is 6.42 Å². The summed E-state index contributed by atoms with van der Waals surface area (Å²) in [5, 5.41) is 11.8. The molecule has 0 saturated carbocycles. The number of guanidine groups is 1. The Balaban J connectivity index is 0.00000240. The highest BCUT2D eigenvalue weighted by Crippen LogP contribution is 2.23. The molecule has 2 saturated heterocycles. The second kappa shape index (κ2) is 10.4. The second-order valence-corrected chi connectivity index (χ2v) is 7.81. The van der Waals surface area contributed by atoms with Crippen molar-refractivity contribution in [2.75, 3.05) is 58.4 Å². The fraction of sp³-hybridized carbons (Fsp3) is 0.684. The predicted octanol–water partition coefficient (Wildman–Crippen LogP) is 1.50. The molecule has 29 heavy (non-hydrogen) atoms. The van der Waals surface area contributed by atoms with E-state index in [1.807, 2.05) is 23.8 Å². The number of hydrogen-bond acceptors (Lipinski definition) is 6. The Morgan fingerprint density at radius 3 is 3.07 bits per heavy atom. The Bertz CT molecular complexity index is 806. The number of piperidine rings is 1. The molecule has 0 amide bonds. The van der Waals surface area contributed by atoms with Crippen molar-refractivity contribution in [2.24, 2.45) is 16.8 Å². The van der Waals surface area contributed by atoms with Crippen molar-refractivity contribution in [1.29, 1.82) is 0 Å². The number of fused-ring (bicyclic) bond motifs is 1. The molecule has 0 radical (unpaired) electrons. The average molecular weight is 514 g/mol. The largest absolute Gasteiger partial charge is 0.381 e. The minimum atomic E-state index is 0. The van der Waals surface area contributed by atoms with Crippen LogP contribution in [0.15, 0.2) is 23.7 Å². The number of halogens is 1. The van der Waals surface area contributed by atoms with Crippen LogP contribution in [0.3, 0.4) is 0 Å². The number of nitrogens with zero attached hydrogens (tertiary/aromatic N) is 7. The summed E-state index contributed by atoms with van der Waals surface area (Å²) in [4.78, 5) is 13.6. The standard InChI is InChI=1S/C19H30N8O.HI/c1-20-19(25(2)11-16-5-9-28-13-16)22-10-15-4-3-7-26(12-15)17-18-24-23-14-27(18)8-6-21-17;/h6,8,14-16H,3-5,7,9-13H2,1-2H3,(H,20,22);1H. The molecule has 160 valence electrons. The lowest BCUT2D eigenvalue weighted by atomic mass is 9.98. The molecule has 0 aliphatic carbocycles. The molecule has 10 heteroatoms. The molecule has 4 rings (SSSR count). The Labute approximate surface area is 188 Å². The van der Waals surface area contributed by atoms with Gasteiger partial charge in [-0.25, -0.2) is 4.98 Å². The molecule has 2 fully saturated rings. The van der Waals surface area contributed by atoms with Gasteiger partial charge in [0.15, 0.2) is 11.8 Å². The summed E-state index contributed by atoms with van der Waals surface area (Å²) in [5.74, 6) is 3.02. The van der Waals surface area contributed by atoms with E-state index in [0.29, 0.717) is 11.8 Å². The lowest BCUT2D eigenvalue weighted by molar-refractivity contribution is 0.181. The number of aliphatic imine (C=N–C) groups is 1. The maximum absolute atomic E-state index is 5.50. The number of nitrogens with one attached hydrogen (secondary N) is 1. The number of ether oxygens (including phenoxy) is 1. The van der Waals surface area contributed by atoms with E-state index in [2.05, 4.69) is 42.3 Å². The van der Waals surface area contributed by atoms with E-state index >= 15 is 0 Å². The van der Waals surface area contributed by atoms with Crippen molar-refractivity contribution < 1.29 is 4.74 Å². The predicted molar refractivity (Wildman–Crippen MR) is 124 cm³/mol. The van der Waals surface area contributed by atoms with Crippen molar-refractivity contribution in [1.82, 2.24) is 29.8 Å². The van der Waals surface area contributed by atoms with Crippen molar-refractivity contribution in [3.63, 3.8) is 0 Å². The minimum Gasteiger partial charge on any atom is -0.381 e. The van der Waals surface area contributed by atoms with E-state index in [4.69, 9.17) is 4.74 Å². The van der Waals surface area contributed by atoms with Crippen LogP contribution in [0.5, 0.6) is 0 Å². The summed E-state index contributed by atoms with van der Waals surface area (Å²) in [6.07, 6.45) is 8.92. The van der Waals surface area contributed by atoms with Gasteiger partial charge in [-0.2, -0.15) is 0 Å². The lowest BCUT2D eigenvalue weighted by Gasteiger charge is -2.34. The molecule has 0 aromatic carbocycles. The van der Waals surface area contributed by atoms with Gasteiger partial charge in [0.25, 0.3) is 0 Å². The monoisotopic (exact) mass is 514 g/mol. The number of anilines is 1. The Hall–Kier alpha value is -1.69. The first-order valence-corrected chi connectivity index (χ1v) is 10.1. The molecular weight excluding hydrogens is 483 g/mol. The summed E-state index contributed by atoms with van der Waals surface area (Å²) in [6, 6.07) is 0. The fourth-order valence-electron chi connectivity index (χ4n) is 4.21. The van der Waals surface area contributed by atoms with Crippen molar-refractivity contribution in [2.45, 2.75) is 19.3 Å². The smallest absolute Gasteiger partial charge is 0.203 e. The van der Waals surface area contributed by atoms with Gasteiger partial charge in [0.05, 0.1) is 6.61 Å². The van der Waals surface area contributed by atoms with Crippen LogP contribution in [0.4, 0.5) is 5.82 Å².